The second-order valence-corrected chi connectivity index (χ2v) is 13.8. The summed E-state index contributed by atoms with van der Waals surface area (Å²) in [5.74, 6) is 0.173. The number of carbonyl (C=O) groups excluding carboxylic acids is 2. The molecule has 7 aromatic rings. The van der Waals surface area contributed by atoms with Crippen LogP contribution in [0.15, 0.2) is 158 Å². The molecule has 0 aliphatic carbocycles. The van der Waals surface area contributed by atoms with Crippen LogP contribution in [0, 0.1) is 0 Å². The van der Waals surface area contributed by atoms with E-state index in [0.29, 0.717) is 25.9 Å². The molecule has 0 unspecified atom stereocenters. The minimum atomic E-state index is 0.0863. The molecule has 54 heavy (non-hydrogen) atoms. The van der Waals surface area contributed by atoms with Crippen molar-refractivity contribution in [3.05, 3.63) is 158 Å². The lowest BCUT2D eigenvalue weighted by Crippen LogP contribution is -2.27. The Hall–Kier alpha value is -6.66. The smallest absolute Gasteiger partial charge is 0.227 e. The third kappa shape index (κ3) is 6.26. The van der Waals surface area contributed by atoms with E-state index in [9.17, 15) is 9.59 Å². The summed E-state index contributed by atoms with van der Waals surface area (Å²) in [5.41, 5.74) is 12.5. The van der Waals surface area contributed by atoms with Crippen molar-refractivity contribution in [2.75, 3.05) is 22.9 Å². The van der Waals surface area contributed by atoms with E-state index in [2.05, 4.69) is 84.9 Å². The van der Waals surface area contributed by atoms with Gasteiger partial charge in [-0.15, -0.1) is 0 Å². The fraction of sp³-hybridized carbons (Fsp3) is 0.125. The Morgan fingerprint density at radius 1 is 0.389 bits per heavy atom. The van der Waals surface area contributed by atoms with Crippen LogP contribution in [0.25, 0.3) is 67.3 Å². The lowest BCUT2D eigenvalue weighted by atomic mass is 9.90. The van der Waals surface area contributed by atoms with Crippen molar-refractivity contribution in [1.29, 1.82) is 0 Å². The first-order valence-electron chi connectivity index (χ1n) is 18.7. The van der Waals surface area contributed by atoms with Crippen LogP contribution in [-0.4, -0.2) is 34.9 Å². The third-order valence-corrected chi connectivity index (χ3v) is 10.4. The molecule has 0 N–H and O–H groups in total. The molecule has 0 saturated carbocycles. The van der Waals surface area contributed by atoms with Gasteiger partial charge in [-0.25, -0.2) is 9.97 Å². The van der Waals surface area contributed by atoms with Gasteiger partial charge in [-0.05, 0) is 49.2 Å². The Kier molecular flexibility index (Phi) is 8.85. The maximum absolute atomic E-state index is 13.7. The molecule has 4 heterocycles. The number of rotatable bonds is 8. The standard InChI is InChI=1S/C48H38N4O2/c53-45-23-13-29-51(45)43-32-40(38-26-28-42(34-17-7-2-8-18-34)50-48(38)36-21-11-4-12-22-36)44(52-30-14-24-46(52)54)31-39(43)37-25-27-41(33-15-5-1-6-16-33)49-47(37)35-19-9-3-10-20-35/h1-12,15-22,25-28,31-32H,13-14,23-24,29-30H2. The van der Waals surface area contributed by atoms with Gasteiger partial charge in [0.15, 0.2) is 0 Å². The molecule has 2 amide bonds. The van der Waals surface area contributed by atoms with Gasteiger partial charge in [-0.2, -0.15) is 0 Å². The van der Waals surface area contributed by atoms with Crippen molar-refractivity contribution >= 4 is 23.2 Å². The van der Waals surface area contributed by atoms with E-state index in [4.69, 9.17) is 9.97 Å². The molecule has 9 rings (SSSR count). The molecule has 2 aromatic heterocycles. The highest BCUT2D eigenvalue weighted by atomic mass is 16.2. The zero-order chi connectivity index (χ0) is 36.4. The molecule has 0 atom stereocenters. The summed E-state index contributed by atoms with van der Waals surface area (Å²) in [5, 5.41) is 0. The lowest BCUT2D eigenvalue weighted by molar-refractivity contribution is -0.117. The molecule has 2 saturated heterocycles. The van der Waals surface area contributed by atoms with E-state index in [1.807, 2.05) is 82.6 Å². The zero-order valence-electron chi connectivity index (χ0n) is 29.9. The predicted octanol–water partition coefficient (Wildman–Crippen LogP) is 10.7. The summed E-state index contributed by atoms with van der Waals surface area (Å²) < 4.78 is 0. The van der Waals surface area contributed by atoms with Gasteiger partial charge in [0.05, 0.1) is 34.2 Å². The highest BCUT2D eigenvalue weighted by Gasteiger charge is 2.32. The molecular weight excluding hydrogens is 665 g/mol. The van der Waals surface area contributed by atoms with Crippen LogP contribution in [0.2, 0.25) is 0 Å². The van der Waals surface area contributed by atoms with Crippen molar-refractivity contribution in [3.63, 3.8) is 0 Å². The van der Waals surface area contributed by atoms with Crippen LogP contribution in [0.5, 0.6) is 0 Å². The van der Waals surface area contributed by atoms with Crippen molar-refractivity contribution in [1.82, 2.24) is 9.97 Å². The molecule has 6 heteroatoms. The Labute approximate surface area is 315 Å². The molecule has 5 aromatic carbocycles. The van der Waals surface area contributed by atoms with Gasteiger partial charge in [0.1, 0.15) is 0 Å². The highest BCUT2D eigenvalue weighted by Crippen LogP contribution is 2.48. The lowest BCUT2D eigenvalue weighted by Gasteiger charge is -2.28. The quantitative estimate of drug-likeness (QED) is 0.158. The summed E-state index contributed by atoms with van der Waals surface area (Å²) in [6, 6.07) is 53.4. The normalized spacial score (nSPS) is 14.2. The number of hydrogen-bond acceptors (Lipinski definition) is 4. The Bertz CT molecular complexity index is 2310. The summed E-state index contributed by atoms with van der Waals surface area (Å²) in [6.45, 7) is 1.22. The maximum atomic E-state index is 13.7. The zero-order valence-corrected chi connectivity index (χ0v) is 29.9. The van der Waals surface area contributed by atoms with E-state index in [1.165, 1.54) is 0 Å². The van der Waals surface area contributed by atoms with Gasteiger partial charge in [0, 0.05) is 70.4 Å². The predicted molar refractivity (Wildman–Crippen MR) is 218 cm³/mol. The third-order valence-electron chi connectivity index (χ3n) is 10.4. The van der Waals surface area contributed by atoms with Gasteiger partial charge in [-0.1, -0.05) is 121 Å². The summed E-state index contributed by atoms with van der Waals surface area (Å²) in [4.78, 5) is 41.9. The Balaban J connectivity index is 1.33. The number of aromatic nitrogens is 2. The van der Waals surface area contributed by atoms with Gasteiger partial charge < -0.3 is 9.80 Å². The minimum absolute atomic E-state index is 0.0863. The SMILES string of the molecule is O=C1CCCN1c1cc(-c2ccc(-c3ccccc3)nc2-c2ccccc2)c(N2CCCC2=O)cc1-c1ccc(-c2ccccc2)nc1-c1ccccc1. The maximum Gasteiger partial charge on any atom is 0.227 e. The van der Waals surface area contributed by atoms with Crippen molar-refractivity contribution in [3.8, 4) is 67.3 Å². The second-order valence-electron chi connectivity index (χ2n) is 13.8. The Morgan fingerprint density at radius 3 is 1.07 bits per heavy atom. The van der Waals surface area contributed by atoms with Gasteiger partial charge in [-0.3, -0.25) is 9.59 Å². The number of benzene rings is 5. The molecule has 0 bridgehead atoms. The first-order valence-corrected chi connectivity index (χ1v) is 18.7. The van der Waals surface area contributed by atoms with Crippen LogP contribution >= 0.6 is 0 Å². The van der Waals surface area contributed by atoms with E-state index in [-0.39, 0.29) is 11.8 Å². The van der Waals surface area contributed by atoms with Gasteiger partial charge in [0.25, 0.3) is 0 Å². The molecule has 0 spiro atoms. The van der Waals surface area contributed by atoms with Crippen molar-refractivity contribution in [2.24, 2.45) is 0 Å². The number of carbonyl (C=O) groups is 2. The summed E-state index contributed by atoms with van der Waals surface area (Å²) in [7, 11) is 0. The number of hydrogen-bond donors (Lipinski definition) is 0. The number of amides is 2. The molecule has 6 nitrogen and oxygen atoms in total. The molecular formula is C48H38N4O2. The molecule has 2 aliphatic rings. The van der Waals surface area contributed by atoms with E-state index in [0.717, 1.165) is 91.5 Å². The molecule has 2 fully saturated rings. The van der Waals surface area contributed by atoms with E-state index in [1.54, 1.807) is 0 Å². The second kappa shape index (κ2) is 14.4. The number of pyridine rings is 2. The average molecular weight is 703 g/mol. The van der Waals surface area contributed by atoms with E-state index < -0.39 is 0 Å². The summed E-state index contributed by atoms with van der Waals surface area (Å²) >= 11 is 0. The van der Waals surface area contributed by atoms with E-state index >= 15 is 0 Å². The fourth-order valence-corrected chi connectivity index (χ4v) is 7.79. The summed E-state index contributed by atoms with van der Waals surface area (Å²) in [6.07, 6.45) is 2.53. The molecule has 2 aliphatic heterocycles. The van der Waals surface area contributed by atoms with Gasteiger partial charge >= 0.3 is 0 Å². The van der Waals surface area contributed by atoms with Crippen LogP contribution < -0.4 is 9.80 Å². The van der Waals surface area contributed by atoms with Crippen molar-refractivity contribution < 1.29 is 9.59 Å². The average Bonchev–Trinajstić information content (AvgIpc) is 3.88. The number of nitrogens with zero attached hydrogens (tertiary/aromatic N) is 4. The largest absolute Gasteiger partial charge is 0.312 e. The first-order chi connectivity index (χ1) is 26.6. The topological polar surface area (TPSA) is 66.4 Å². The fourth-order valence-electron chi connectivity index (χ4n) is 7.79. The minimum Gasteiger partial charge on any atom is -0.312 e. The van der Waals surface area contributed by atoms with Crippen LogP contribution in [0.4, 0.5) is 11.4 Å². The van der Waals surface area contributed by atoms with Gasteiger partial charge in [0.2, 0.25) is 11.8 Å². The molecule has 0 radical (unpaired) electrons. The molecule has 262 valence electrons. The first kappa shape index (κ1) is 33.2. The highest BCUT2D eigenvalue weighted by molar-refractivity contribution is 6.08. The Morgan fingerprint density at radius 2 is 0.741 bits per heavy atom. The monoisotopic (exact) mass is 702 g/mol. The van der Waals surface area contributed by atoms with Crippen LogP contribution in [-0.2, 0) is 9.59 Å². The van der Waals surface area contributed by atoms with Crippen molar-refractivity contribution in [2.45, 2.75) is 25.7 Å². The van der Waals surface area contributed by atoms with Crippen LogP contribution in [0.3, 0.4) is 0 Å². The van der Waals surface area contributed by atoms with Crippen LogP contribution in [0.1, 0.15) is 25.7 Å². The number of anilines is 2.